The molecule has 23 heavy (non-hydrogen) atoms. The summed E-state index contributed by atoms with van der Waals surface area (Å²) < 4.78 is 6.23. The van der Waals surface area contributed by atoms with Crippen molar-refractivity contribution in [3.8, 4) is 6.07 Å². The number of carbonyl (C=O) groups excluding carboxylic acids is 1. The summed E-state index contributed by atoms with van der Waals surface area (Å²) in [5.74, 6) is -0.639. The Morgan fingerprint density at radius 1 is 1.39 bits per heavy atom. The second kappa shape index (κ2) is 7.29. The lowest BCUT2D eigenvalue weighted by Crippen LogP contribution is -2.29. The number of esters is 1. The highest BCUT2D eigenvalue weighted by atomic mass is 32.1. The number of thiazole rings is 1. The molecule has 8 heteroatoms. The smallest absolute Gasteiger partial charge is 0.332 e. The van der Waals surface area contributed by atoms with Gasteiger partial charge in [-0.1, -0.05) is 18.2 Å². The molecule has 0 unspecified atom stereocenters. The van der Waals surface area contributed by atoms with E-state index in [0.29, 0.717) is 10.4 Å². The van der Waals surface area contributed by atoms with Crippen LogP contribution in [-0.2, 0) is 16.6 Å². The Bertz CT molecular complexity index is 965. The fourth-order valence-electron chi connectivity index (χ4n) is 1.65. The van der Waals surface area contributed by atoms with Crippen molar-refractivity contribution in [2.75, 3.05) is 7.11 Å². The predicted octanol–water partition coefficient (Wildman–Crippen LogP) is 0.816. The maximum atomic E-state index is 12.1. The highest BCUT2D eigenvalue weighted by molar-refractivity contribution is 7.07. The Morgan fingerprint density at radius 2 is 2.09 bits per heavy atom. The van der Waals surface area contributed by atoms with Crippen molar-refractivity contribution < 1.29 is 9.53 Å². The van der Waals surface area contributed by atoms with E-state index in [1.807, 2.05) is 12.1 Å². The number of ether oxygens (including phenoxy) is 1. The first-order valence-electron chi connectivity index (χ1n) is 6.43. The summed E-state index contributed by atoms with van der Waals surface area (Å²) >= 11 is 0.978. The van der Waals surface area contributed by atoms with Crippen molar-refractivity contribution in [2.24, 2.45) is 17.3 Å². The number of hydrogen-bond donors (Lipinski definition) is 0. The molecule has 2 aromatic rings. The Morgan fingerprint density at radius 3 is 2.70 bits per heavy atom. The minimum atomic E-state index is -0.639. The molecule has 0 bridgehead atoms. The van der Waals surface area contributed by atoms with Crippen molar-refractivity contribution in [2.45, 2.75) is 0 Å². The zero-order valence-corrected chi connectivity index (χ0v) is 13.2. The van der Waals surface area contributed by atoms with Crippen LogP contribution in [0, 0.1) is 11.3 Å². The minimum Gasteiger partial charge on any atom is -0.466 e. The van der Waals surface area contributed by atoms with Gasteiger partial charge in [0, 0.05) is 13.1 Å². The van der Waals surface area contributed by atoms with Gasteiger partial charge in [0.15, 0.2) is 5.70 Å². The number of methoxy groups -OCH3 is 1. The molecular formula is C15H12N4O3S. The average Bonchev–Trinajstić information content (AvgIpc) is 2.85. The Hall–Kier alpha value is -3.05. The van der Waals surface area contributed by atoms with E-state index in [4.69, 9.17) is 0 Å². The topological polar surface area (TPSA) is 96.8 Å². The Labute approximate surface area is 135 Å². The van der Waals surface area contributed by atoms with E-state index in [1.54, 1.807) is 24.3 Å². The molecule has 1 heterocycles. The van der Waals surface area contributed by atoms with E-state index in [9.17, 15) is 14.9 Å². The second-order valence-electron chi connectivity index (χ2n) is 4.30. The molecule has 0 fully saturated rings. The first kappa shape index (κ1) is 16.3. The van der Waals surface area contributed by atoms with Gasteiger partial charge in [-0.05, 0) is 12.1 Å². The molecule has 0 aliphatic carbocycles. The van der Waals surface area contributed by atoms with Crippen LogP contribution in [0.5, 0.6) is 0 Å². The van der Waals surface area contributed by atoms with E-state index in [2.05, 4.69) is 15.0 Å². The number of nitriles is 1. The third-order valence-corrected chi connectivity index (χ3v) is 3.98. The first-order chi connectivity index (χ1) is 11.1. The summed E-state index contributed by atoms with van der Waals surface area (Å²) in [5.41, 5.74) is 0.171. The molecule has 0 radical (unpaired) electrons. The number of nitrogens with zero attached hydrogens (tertiary/aromatic N) is 4. The standard InChI is InChI=1S/C15H12N4O3S/c1-19-14(21)12(8-13(20)22-2)23-15(19)11(9-16)18-17-10-6-4-3-5-7-10/h3-8H,1-2H3. The zero-order chi connectivity index (χ0) is 16.8. The molecule has 0 amide bonds. The highest BCUT2D eigenvalue weighted by Crippen LogP contribution is 2.11. The van der Waals surface area contributed by atoms with Gasteiger partial charge in [-0.25, -0.2) is 4.79 Å². The van der Waals surface area contributed by atoms with Crippen molar-refractivity contribution in [3.05, 3.63) is 49.9 Å². The van der Waals surface area contributed by atoms with Crippen LogP contribution in [0.4, 0.5) is 5.69 Å². The molecule has 0 saturated heterocycles. The van der Waals surface area contributed by atoms with Crippen LogP contribution in [0.2, 0.25) is 0 Å². The Balaban J connectivity index is 2.59. The van der Waals surface area contributed by atoms with Gasteiger partial charge in [0.2, 0.25) is 0 Å². The van der Waals surface area contributed by atoms with Crippen molar-refractivity contribution in [3.63, 3.8) is 0 Å². The molecule has 0 aliphatic rings. The SMILES string of the molecule is COC(=O)C=c1sc(=C(C#N)N=Nc2ccccc2)n(C)c1=O. The lowest BCUT2D eigenvalue weighted by Gasteiger charge is -1.91. The van der Waals surface area contributed by atoms with E-state index in [0.717, 1.165) is 17.4 Å². The molecule has 0 spiro atoms. The predicted molar refractivity (Wildman–Crippen MR) is 85.3 cm³/mol. The van der Waals surface area contributed by atoms with Crippen LogP contribution >= 0.6 is 11.3 Å². The van der Waals surface area contributed by atoms with Gasteiger partial charge in [0.25, 0.3) is 5.56 Å². The van der Waals surface area contributed by atoms with Gasteiger partial charge < -0.3 is 4.74 Å². The number of rotatable bonds is 3. The number of hydrogen-bond acceptors (Lipinski definition) is 7. The van der Waals surface area contributed by atoms with Gasteiger partial charge in [-0.2, -0.15) is 5.26 Å². The van der Waals surface area contributed by atoms with Crippen molar-refractivity contribution in [1.82, 2.24) is 4.57 Å². The van der Waals surface area contributed by atoms with Gasteiger partial charge in [0.05, 0.1) is 12.8 Å². The van der Waals surface area contributed by atoms with E-state index >= 15 is 0 Å². The van der Waals surface area contributed by atoms with Crippen LogP contribution in [0.1, 0.15) is 0 Å². The molecule has 116 valence electrons. The average molecular weight is 328 g/mol. The maximum Gasteiger partial charge on any atom is 0.332 e. The van der Waals surface area contributed by atoms with Gasteiger partial charge in [0.1, 0.15) is 15.3 Å². The fraction of sp³-hybridized carbons (Fsp3) is 0.133. The van der Waals surface area contributed by atoms with E-state index < -0.39 is 11.5 Å². The molecule has 0 N–H and O–H groups in total. The minimum absolute atomic E-state index is 0.0111. The lowest BCUT2D eigenvalue weighted by molar-refractivity contribution is -0.133. The summed E-state index contributed by atoms with van der Waals surface area (Å²) in [6.45, 7) is 0. The Kier molecular flexibility index (Phi) is 5.17. The van der Waals surface area contributed by atoms with Crippen molar-refractivity contribution in [1.29, 1.82) is 5.26 Å². The van der Waals surface area contributed by atoms with Crippen LogP contribution in [0.25, 0.3) is 11.8 Å². The molecule has 0 atom stereocenters. The summed E-state index contributed by atoms with van der Waals surface area (Å²) in [6, 6.07) is 10.8. The fourth-order valence-corrected chi connectivity index (χ4v) is 2.64. The van der Waals surface area contributed by atoms with Gasteiger partial charge in [-0.3, -0.25) is 9.36 Å². The molecular weight excluding hydrogens is 316 g/mol. The molecule has 1 aromatic carbocycles. The quantitative estimate of drug-likeness (QED) is 0.615. The summed E-state index contributed by atoms with van der Waals surface area (Å²) in [6.07, 6.45) is 1.08. The summed E-state index contributed by atoms with van der Waals surface area (Å²) in [4.78, 5) is 23.3. The molecule has 0 aliphatic heterocycles. The normalized spacial score (nSPS) is 13.0. The van der Waals surface area contributed by atoms with Crippen LogP contribution < -0.4 is 14.8 Å². The summed E-state index contributed by atoms with van der Waals surface area (Å²) in [5, 5.41) is 17.1. The number of benzene rings is 1. The highest BCUT2D eigenvalue weighted by Gasteiger charge is 2.07. The van der Waals surface area contributed by atoms with Crippen LogP contribution in [0.15, 0.2) is 45.4 Å². The zero-order valence-electron chi connectivity index (χ0n) is 12.4. The molecule has 2 rings (SSSR count). The number of azo groups is 1. The maximum absolute atomic E-state index is 12.1. The van der Waals surface area contributed by atoms with E-state index in [1.165, 1.54) is 18.7 Å². The second-order valence-corrected chi connectivity index (χ2v) is 5.33. The monoisotopic (exact) mass is 328 g/mol. The third-order valence-electron chi connectivity index (χ3n) is 2.81. The van der Waals surface area contributed by atoms with Gasteiger partial charge in [-0.15, -0.1) is 21.6 Å². The third kappa shape index (κ3) is 3.78. The molecule has 1 aromatic heterocycles. The molecule has 7 nitrogen and oxygen atoms in total. The van der Waals surface area contributed by atoms with Crippen LogP contribution in [-0.4, -0.2) is 17.6 Å². The van der Waals surface area contributed by atoms with Crippen LogP contribution in [0.3, 0.4) is 0 Å². The number of carbonyl (C=O) groups is 1. The van der Waals surface area contributed by atoms with Crippen molar-refractivity contribution >= 4 is 34.8 Å². The first-order valence-corrected chi connectivity index (χ1v) is 7.25. The summed E-state index contributed by atoms with van der Waals surface area (Å²) in [7, 11) is 2.72. The van der Waals surface area contributed by atoms with E-state index in [-0.39, 0.29) is 10.2 Å². The molecule has 0 saturated carbocycles. The lowest BCUT2D eigenvalue weighted by atomic mass is 10.3. The largest absolute Gasteiger partial charge is 0.466 e. The van der Waals surface area contributed by atoms with Gasteiger partial charge >= 0.3 is 5.97 Å². The number of aromatic nitrogens is 1.